The van der Waals surface area contributed by atoms with Crippen LogP contribution < -0.4 is 10.6 Å². The number of aromatic nitrogens is 1. The van der Waals surface area contributed by atoms with Crippen molar-refractivity contribution in [2.45, 2.75) is 27.2 Å². The van der Waals surface area contributed by atoms with E-state index in [-0.39, 0.29) is 11.0 Å². The summed E-state index contributed by atoms with van der Waals surface area (Å²) in [5.74, 6) is 0.391. The molecule has 144 valence electrons. The van der Waals surface area contributed by atoms with Crippen LogP contribution in [0.25, 0.3) is 11.3 Å². The summed E-state index contributed by atoms with van der Waals surface area (Å²) in [6.07, 6.45) is 1.07. The van der Waals surface area contributed by atoms with Crippen LogP contribution in [-0.4, -0.2) is 16.0 Å². The maximum Gasteiger partial charge on any atom is 0.257 e. The summed E-state index contributed by atoms with van der Waals surface area (Å²) in [4.78, 5) is 17.9. The molecular formula is C22H23N3OS2. The molecule has 0 aliphatic carbocycles. The van der Waals surface area contributed by atoms with E-state index in [9.17, 15) is 4.79 Å². The number of carbonyl (C=O) groups is 1. The van der Waals surface area contributed by atoms with Crippen LogP contribution in [-0.2, 0) is 6.42 Å². The lowest BCUT2D eigenvalue weighted by atomic mass is 10.0. The lowest BCUT2D eigenvalue weighted by Crippen LogP contribution is -2.34. The molecule has 3 aromatic rings. The van der Waals surface area contributed by atoms with Gasteiger partial charge in [-0.2, -0.15) is 0 Å². The molecular weight excluding hydrogens is 386 g/mol. The first kappa shape index (κ1) is 20.2. The van der Waals surface area contributed by atoms with Crippen LogP contribution in [0.1, 0.15) is 34.6 Å². The van der Waals surface area contributed by atoms with Gasteiger partial charge in [-0.3, -0.25) is 10.1 Å². The standard InChI is InChI=1S/C22H23N3OS2/c1-14(2)13-16-9-11-17(12-10-16)19-15(3)28-22(23-19)25-21(27)24-20(26)18-7-5-4-6-8-18/h4-12,14H,13H2,1-3H3,(H2,23,24,25,26,27). The van der Waals surface area contributed by atoms with Crippen molar-refractivity contribution in [3.05, 3.63) is 70.6 Å². The lowest BCUT2D eigenvalue weighted by molar-refractivity contribution is 0.0977. The van der Waals surface area contributed by atoms with Crippen LogP contribution in [0.2, 0.25) is 0 Å². The minimum atomic E-state index is -0.243. The monoisotopic (exact) mass is 409 g/mol. The van der Waals surface area contributed by atoms with Gasteiger partial charge >= 0.3 is 0 Å². The van der Waals surface area contributed by atoms with E-state index in [2.05, 4.69) is 53.7 Å². The number of benzene rings is 2. The number of anilines is 1. The van der Waals surface area contributed by atoms with Gasteiger partial charge in [-0.05, 0) is 49.2 Å². The Hall–Kier alpha value is -2.57. The average Bonchev–Trinajstić information content (AvgIpc) is 3.02. The molecule has 2 aromatic carbocycles. The molecule has 0 fully saturated rings. The summed E-state index contributed by atoms with van der Waals surface area (Å²) in [5.41, 5.74) is 3.90. The largest absolute Gasteiger partial charge is 0.308 e. The molecule has 1 amide bonds. The number of amides is 1. The van der Waals surface area contributed by atoms with E-state index >= 15 is 0 Å². The summed E-state index contributed by atoms with van der Waals surface area (Å²) >= 11 is 6.78. The van der Waals surface area contributed by atoms with Gasteiger partial charge in [0.15, 0.2) is 10.2 Å². The average molecular weight is 410 g/mol. The molecule has 0 radical (unpaired) electrons. The highest BCUT2D eigenvalue weighted by Gasteiger charge is 2.13. The van der Waals surface area contributed by atoms with Crippen molar-refractivity contribution in [3.63, 3.8) is 0 Å². The van der Waals surface area contributed by atoms with Gasteiger partial charge in [-0.25, -0.2) is 4.98 Å². The highest BCUT2D eigenvalue weighted by molar-refractivity contribution is 7.80. The van der Waals surface area contributed by atoms with Crippen molar-refractivity contribution in [2.24, 2.45) is 5.92 Å². The molecule has 1 aromatic heterocycles. The molecule has 0 saturated carbocycles. The molecule has 1 heterocycles. The van der Waals surface area contributed by atoms with Crippen LogP contribution in [0.3, 0.4) is 0 Å². The number of thiazole rings is 1. The van der Waals surface area contributed by atoms with Crippen LogP contribution >= 0.6 is 23.6 Å². The SMILES string of the molecule is Cc1sc(NC(=S)NC(=O)c2ccccc2)nc1-c1ccc(CC(C)C)cc1. The van der Waals surface area contributed by atoms with Crippen LogP contribution in [0.4, 0.5) is 5.13 Å². The molecule has 28 heavy (non-hydrogen) atoms. The first-order valence-corrected chi connectivity index (χ1v) is 10.4. The van der Waals surface area contributed by atoms with E-state index in [0.717, 1.165) is 22.6 Å². The first-order valence-electron chi connectivity index (χ1n) is 9.16. The maximum atomic E-state index is 12.2. The molecule has 0 aliphatic rings. The Morgan fingerprint density at radius 2 is 1.79 bits per heavy atom. The minimum Gasteiger partial charge on any atom is -0.308 e. The van der Waals surface area contributed by atoms with E-state index < -0.39 is 0 Å². The first-order chi connectivity index (χ1) is 13.4. The normalized spacial score (nSPS) is 10.7. The highest BCUT2D eigenvalue weighted by Crippen LogP contribution is 2.30. The Labute approximate surface area is 175 Å². The number of carbonyl (C=O) groups excluding carboxylic acids is 1. The second-order valence-corrected chi connectivity index (χ2v) is 8.60. The number of nitrogens with zero attached hydrogens (tertiary/aromatic N) is 1. The van der Waals surface area contributed by atoms with Gasteiger partial charge in [-0.15, -0.1) is 11.3 Å². The summed E-state index contributed by atoms with van der Waals surface area (Å²) in [6.45, 7) is 6.47. The van der Waals surface area contributed by atoms with Crippen molar-refractivity contribution in [1.82, 2.24) is 10.3 Å². The summed E-state index contributed by atoms with van der Waals surface area (Å²) in [6, 6.07) is 17.5. The smallest absolute Gasteiger partial charge is 0.257 e. The number of aryl methyl sites for hydroxylation is 1. The number of thiocarbonyl (C=S) groups is 1. The zero-order valence-corrected chi connectivity index (χ0v) is 17.8. The minimum absolute atomic E-state index is 0.237. The zero-order chi connectivity index (χ0) is 20.1. The van der Waals surface area contributed by atoms with Crippen LogP contribution in [0, 0.1) is 12.8 Å². The number of hydrogen-bond acceptors (Lipinski definition) is 4. The molecule has 3 rings (SSSR count). The van der Waals surface area contributed by atoms with E-state index in [1.807, 2.05) is 25.1 Å². The second kappa shape index (κ2) is 9.08. The number of rotatable bonds is 5. The Morgan fingerprint density at radius 3 is 2.43 bits per heavy atom. The van der Waals surface area contributed by atoms with Gasteiger partial charge in [0.1, 0.15) is 0 Å². The predicted molar refractivity (Wildman–Crippen MR) is 121 cm³/mol. The van der Waals surface area contributed by atoms with E-state index in [0.29, 0.717) is 16.6 Å². The fourth-order valence-electron chi connectivity index (χ4n) is 2.88. The van der Waals surface area contributed by atoms with Crippen molar-refractivity contribution in [2.75, 3.05) is 5.32 Å². The van der Waals surface area contributed by atoms with E-state index in [1.54, 1.807) is 12.1 Å². The second-order valence-electron chi connectivity index (χ2n) is 6.99. The molecule has 0 unspecified atom stereocenters. The Bertz CT molecular complexity index is 963. The van der Waals surface area contributed by atoms with E-state index in [1.165, 1.54) is 16.9 Å². The van der Waals surface area contributed by atoms with Crippen LogP contribution in [0.15, 0.2) is 54.6 Å². The van der Waals surface area contributed by atoms with Gasteiger partial charge in [-0.1, -0.05) is 56.3 Å². The highest BCUT2D eigenvalue weighted by atomic mass is 32.1. The number of nitrogens with one attached hydrogen (secondary N) is 2. The Kier molecular flexibility index (Phi) is 6.54. The summed E-state index contributed by atoms with van der Waals surface area (Å²) in [7, 11) is 0. The topological polar surface area (TPSA) is 54.0 Å². The molecule has 0 saturated heterocycles. The predicted octanol–water partition coefficient (Wildman–Crippen LogP) is 5.44. The molecule has 0 aliphatic heterocycles. The van der Waals surface area contributed by atoms with Crippen LogP contribution in [0.5, 0.6) is 0 Å². The Morgan fingerprint density at radius 1 is 1.11 bits per heavy atom. The van der Waals surface area contributed by atoms with Gasteiger partial charge in [0.2, 0.25) is 0 Å². The fourth-order valence-corrected chi connectivity index (χ4v) is 3.98. The number of hydrogen-bond donors (Lipinski definition) is 2. The molecule has 2 N–H and O–H groups in total. The molecule has 0 atom stereocenters. The van der Waals surface area contributed by atoms with Crippen molar-refractivity contribution >= 4 is 39.7 Å². The van der Waals surface area contributed by atoms with Gasteiger partial charge in [0, 0.05) is 16.0 Å². The third-order valence-corrected chi connectivity index (χ3v) is 5.24. The van der Waals surface area contributed by atoms with Gasteiger partial charge in [0.25, 0.3) is 5.91 Å². The Balaban J connectivity index is 1.66. The maximum absolute atomic E-state index is 12.2. The summed E-state index contributed by atoms with van der Waals surface area (Å²) < 4.78 is 0. The molecule has 4 nitrogen and oxygen atoms in total. The lowest BCUT2D eigenvalue weighted by Gasteiger charge is -2.07. The fraction of sp³-hybridized carbons (Fsp3) is 0.227. The van der Waals surface area contributed by atoms with Crippen molar-refractivity contribution in [3.8, 4) is 11.3 Å². The molecule has 0 bridgehead atoms. The third kappa shape index (κ3) is 5.24. The molecule has 6 heteroatoms. The third-order valence-electron chi connectivity index (χ3n) is 4.15. The van der Waals surface area contributed by atoms with Gasteiger partial charge < -0.3 is 5.32 Å². The zero-order valence-electron chi connectivity index (χ0n) is 16.2. The van der Waals surface area contributed by atoms with Crippen molar-refractivity contribution < 1.29 is 4.79 Å². The van der Waals surface area contributed by atoms with Crippen molar-refractivity contribution in [1.29, 1.82) is 0 Å². The van der Waals surface area contributed by atoms with Gasteiger partial charge in [0.05, 0.1) is 5.69 Å². The summed E-state index contributed by atoms with van der Waals surface area (Å²) in [5, 5.41) is 6.61. The van der Waals surface area contributed by atoms with E-state index in [4.69, 9.17) is 12.2 Å². The molecule has 0 spiro atoms. The quantitative estimate of drug-likeness (QED) is 0.551.